The van der Waals surface area contributed by atoms with Gasteiger partial charge in [-0.3, -0.25) is 14.9 Å². The number of anilines is 1. The van der Waals surface area contributed by atoms with Gasteiger partial charge < -0.3 is 10.1 Å². The van der Waals surface area contributed by atoms with Crippen LogP contribution in [0.3, 0.4) is 0 Å². The summed E-state index contributed by atoms with van der Waals surface area (Å²) in [4.78, 5) is 27.3. The number of hydrogen-bond donors (Lipinski definition) is 2. The third kappa shape index (κ3) is 2.97. The molecule has 0 radical (unpaired) electrons. The molecular formula is C14H15N3O3S. The average molecular weight is 305 g/mol. The van der Waals surface area contributed by atoms with Crippen LogP contribution in [0.15, 0.2) is 18.2 Å². The lowest BCUT2D eigenvalue weighted by Crippen LogP contribution is -2.47. The fourth-order valence-electron chi connectivity index (χ4n) is 2.20. The molecule has 1 saturated heterocycles. The molecule has 110 valence electrons. The van der Waals surface area contributed by atoms with Crippen molar-refractivity contribution in [2.45, 2.75) is 25.8 Å². The number of aromatic nitrogens is 1. The number of thiazole rings is 1. The van der Waals surface area contributed by atoms with Gasteiger partial charge in [0, 0.05) is 6.42 Å². The van der Waals surface area contributed by atoms with Crippen molar-refractivity contribution in [2.75, 3.05) is 11.9 Å². The topological polar surface area (TPSA) is 80.3 Å². The van der Waals surface area contributed by atoms with Crippen molar-refractivity contribution < 1.29 is 14.3 Å². The van der Waals surface area contributed by atoms with Gasteiger partial charge in [0.25, 0.3) is 0 Å². The lowest BCUT2D eigenvalue weighted by molar-refractivity contribution is -0.133. The van der Waals surface area contributed by atoms with Gasteiger partial charge in [-0.05, 0) is 31.5 Å². The molecule has 21 heavy (non-hydrogen) atoms. The number of carbonyl (C=O) groups is 2. The molecule has 1 unspecified atom stereocenters. The molecule has 7 heteroatoms. The highest BCUT2D eigenvalue weighted by atomic mass is 32.1. The largest absolute Gasteiger partial charge is 0.494 e. The molecule has 1 aromatic heterocycles. The Bertz CT molecular complexity index is 698. The second-order valence-electron chi connectivity index (χ2n) is 4.73. The SMILES string of the molecule is CCOc1ccc2nc(NC3CCC(=O)NC3=O)sc2c1. The predicted molar refractivity (Wildman–Crippen MR) is 80.6 cm³/mol. The first-order chi connectivity index (χ1) is 10.2. The highest BCUT2D eigenvalue weighted by Crippen LogP contribution is 2.30. The van der Waals surface area contributed by atoms with E-state index in [0.717, 1.165) is 16.0 Å². The number of fused-ring (bicyclic) bond motifs is 1. The van der Waals surface area contributed by atoms with Gasteiger partial charge in [-0.25, -0.2) is 4.98 Å². The monoisotopic (exact) mass is 305 g/mol. The van der Waals surface area contributed by atoms with Gasteiger partial charge in [-0.1, -0.05) is 11.3 Å². The molecule has 2 amide bonds. The summed E-state index contributed by atoms with van der Waals surface area (Å²) in [6.45, 7) is 2.55. The summed E-state index contributed by atoms with van der Waals surface area (Å²) in [6, 6.07) is 5.30. The Morgan fingerprint density at radius 1 is 1.48 bits per heavy atom. The summed E-state index contributed by atoms with van der Waals surface area (Å²) >= 11 is 1.47. The molecule has 1 aliphatic heterocycles. The molecule has 1 fully saturated rings. The predicted octanol–water partition coefficient (Wildman–Crippen LogP) is 1.91. The standard InChI is InChI=1S/C14H15N3O3S/c1-2-20-8-3-4-9-11(7-8)21-14(15-9)16-10-5-6-12(18)17-13(10)19/h3-4,7,10H,2,5-6H2,1H3,(H,15,16)(H,17,18,19). The first-order valence-corrected chi connectivity index (χ1v) is 7.61. The van der Waals surface area contributed by atoms with Crippen LogP contribution in [0.5, 0.6) is 5.75 Å². The second-order valence-corrected chi connectivity index (χ2v) is 5.76. The Hall–Kier alpha value is -2.15. The van der Waals surface area contributed by atoms with Crippen molar-refractivity contribution >= 4 is 38.5 Å². The highest BCUT2D eigenvalue weighted by molar-refractivity contribution is 7.22. The Kier molecular flexibility index (Phi) is 3.74. The van der Waals surface area contributed by atoms with E-state index in [0.29, 0.717) is 24.6 Å². The zero-order chi connectivity index (χ0) is 14.8. The molecule has 3 rings (SSSR count). The molecule has 2 heterocycles. The van der Waals surface area contributed by atoms with Gasteiger partial charge in [0.1, 0.15) is 11.8 Å². The van der Waals surface area contributed by atoms with E-state index in [2.05, 4.69) is 15.6 Å². The number of nitrogens with one attached hydrogen (secondary N) is 2. The van der Waals surface area contributed by atoms with E-state index in [4.69, 9.17) is 4.74 Å². The van der Waals surface area contributed by atoms with Gasteiger partial charge in [-0.2, -0.15) is 0 Å². The van der Waals surface area contributed by atoms with E-state index in [1.165, 1.54) is 11.3 Å². The van der Waals surface area contributed by atoms with Crippen molar-refractivity contribution in [3.63, 3.8) is 0 Å². The number of benzene rings is 1. The fourth-order valence-corrected chi connectivity index (χ4v) is 3.15. The minimum absolute atomic E-state index is 0.219. The van der Waals surface area contributed by atoms with Crippen molar-refractivity contribution in [1.82, 2.24) is 10.3 Å². The second kappa shape index (κ2) is 5.69. The van der Waals surface area contributed by atoms with E-state index in [-0.39, 0.29) is 11.8 Å². The first-order valence-electron chi connectivity index (χ1n) is 6.79. The van der Waals surface area contributed by atoms with Crippen molar-refractivity contribution in [3.05, 3.63) is 18.2 Å². The molecule has 2 N–H and O–H groups in total. The van der Waals surface area contributed by atoms with E-state index in [9.17, 15) is 9.59 Å². The van der Waals surface area contributed by atoms with Gasteiger partial charge in [0.05, 0.1) is 16.8 Å². The minimum atomic E-state index is -0.408. The van der Waals surface area contributed by atoms with E-state index < -0.39 is 6.04 Å². The molecule has 0 aliphatic carbocycles. The molecule has 1 aliphatic rings. The van der Waals surface area contributed by atoms with Gasteiger partial charge in [-0.15, -0.1) is 0 Å². The Morgan fingerprint density at radius 2 is 2.33 bits per heavy atom. The third-order valence-corrected chi connectivity index (χ3v) is 4.16. The molecule has 0 bridgehead atoms. The van der Waals surface area contributed by atoms with E-state index in [1.807, 2.05) is 25.1 Å². The number of hydrogen-bond acceptors (Lipinski definition) is 6. The van der Waals surface area contributed by atoms with E-state index in [1.54, 1.807) is 0 Å². The minimum Gasteiger partial charge on any atom is -0.494 e. The number of piperidine rings is 1. The smallest absolute Gasteiger partial charge is 0.249 e. The number of rotatable bonds is 4. The number of amides is 2. The van der Waals surface area contributed by atoms with Crippen LogP contribution in [0.4, 0.5) is 5.13 Å². The molecule has 2 aromatic rings. The molecule has 0 spiro atoms. The average Bonchev–Trinajstić information content (AvgIpc) is 2.84. The summed E-state index contributed by atoms with van der Waals surface area (Å²) in [6.07, 6.45) is 0.841. The summed E-state index contributed by atoms with van der Waals surface area (Å²) < 4.78 is 6.45. The van der Waals surface area contributed by atoms with Crippen LogP contribution in [0.2, 0.25) is 0 Å². The maximum atomic E-state index is 11.7. The quantitative estimate of drug-likeness (QED) is 0.844. The van der Waals surface area contributed by atoms with E-state index >= 15 is 0 Å². The summed E-state index contributed by atoms with van der Waals surface area (Å²) in [7, 11) is 0. The molecule has 0 saturated carbocycles. The maximum absolute atomic E-state index is 11.7. The molecule has 6 nitrogen and oxygen atoms in total. The summed E-state index contributed by atoms with van der Waals surface area (Å²) in [5, 5.41) is 6.09. The van der Waals surface area contributed by atoms with Crippen LogP contribution in [0, 0.1) is 0 Å². The first kappa shape index (κ1) is 13.8. The zero-order valence-electron chi connectivity index (χ0n) is 11.5. The van der Waals surface area contributed by atoms with Crippen LogP contribution in [0.1, 0.15) is 19.8 Å². The van der Waals surface area contributed by atoms with Crippen LogP contribution in [0.25, 0.3) is 10.2 Å². The fraction of sp³-hybridized carbons (Fsp3) is 0.357. The molecular weight excluding hydrogens is 290 g/mol. The van der Waals surface area contributed by atoms with Gasteiger partial charge in [0.15, 0.2) is 5.13 Å². The van der Waals surface area contributed by atoms with Crippen molar-refractivity contribution in [2.24, 2.45) is 0 Å². The lowest BCUT2D eigenvalue weighted by atomic mass is 10.1. The zero-order valence-corrected chi connectivity index (χ0v) is 12.3. The summed E-state index contributed by atoms with van der Waals surface area (Å²) in [5.41, 5.74) is 0.859. The molecule has 1 atom stereocenters. The Balaban J connectivity index is 1.78. The number of imide groups is 1. The van der Waals surface area contributed by atoms with Crippen LogP contribution in [-0.2, 0) is 9.59 Å². The van der Waals surface area contributed by atoms with Crippen molar-refractivity contribution in [1.29, 1.82) is 0 Å². The number of ether oxygens (including phenoxy) is 1. The van der Waals surface area contributed by atoms with Crippen LogP contribution < -0.4 is 15.4 Å². The summed E-state index contributed by atoms with van der Waals surface area (Å²) in [5.74, 6) is 0.297. The maximum Gasteiger partial charge on any atom is 0.249 e. The van der Waals surface area contributed by atoms with Crippen molar-refractivity contribution in [3.8, 4) is 5.75 Å². The molecule has 1 aromatic carbocycles. The normalized spacial score (nSPS) is 18.6. The Labute approximate surface area is 125 Å². The van der Waals surface area contributed by atoms with Crippen LogP contribution >= 0.6 is 11.3 Å². The van der Waals surface area contributed by atoms with Gasteiger partial charge >= 0.3 is 0 Å². The number of carbonyl (C=O) groups excluding carboxylic acids is 2. The Morgan fingerprint density at radius 3 is 3.10 bits per heavy atom. The third-order valence-electron chi connectivity index (χ3n) is 3.21. The highest BCUT2D eigenvalue weighted by Gasteiger charge is 2.27. The lowest BCUT2D eigenvalue weighted by Gasteiger charge is -2.21. The van der Waals surface area contributed by atoms with Gasteiger partial charge in [0.2, 0.25) is 11.8 Å². The van der Waals surface area contributed by atoms with Crippen LogP contribution in [-0.4, -0.2) is 29.4 Å². The number of nitrogens with zero attached hydrogens (tertiary/aromatic N) is 1.